The lowest BCUT2D eigenvalue weighted by Gasteiger charge is -2.11. The summed E-state index contributed by atoms with van der Waals surface area (Å²) in [5.41, 5.74) is 5.06. The van der Waals surface area contributed by atoms with E-state index in [1.807, 2.05) is 35.0 Å². The molecule has 0 radical (unpaired) electrons. The zero-order valence-corrected chi connectivity index (χ0v) is 16.1. The van der Waals surface area contributed by atoms with Gasteiger partial charge >= 0.3 is 0 Å². The zero-order chi connectivity index (χ0) is 19.2. The van der Waals surface area contributed by atoms with E-state index >= 15 is 0 Å². The highest BCUT2D eigenvalue weighted by atomic mass is 32.2. The molecule has 136 valence electrons. The Hall–Kier alpha value is -3.04. The molecular weight excluding hydrogens is 356 g/mol. The molecule has 3 aromatic rings. The average molecular weight is 376 g/mol. The molecule has 0 unspecified atom stereocenters. The van der Waals surface area contributed by atoms with E-state index in [-0.39, 0.29) is 11.7 Å². The molecule has 0 aliphatic heterocycles. The van der Waals surface area contributed by atoms with Crippen molar-refractivity contribution in [3.63, 3.8) is 0 Å². The van der Waals surface area contributed by atoms with Crippen molar-refractivity contribution in [2.45, 2.75) is 25.4 Å². The van der Waals surface area contributed by atoms with Crippen LogP contribution in [0.25, 0.3) is 5.69 Å². The molecule has 5 nitrogen and oxygen atoms in total. The van der Waals surface area contributed by atoms with Crippen LogP contribution >= 0.6 is 11.8 Å². The van der Waals surface area contributed by atoms with Gasteiger partial charge in [-0.25, -0.2) is 4.98 Å². The Morgan fingerprint density at radius 2 is 2.00 bits per heavy atom. The van der Waals surface area contributed by atoms with Crippen molar-refractivity contribution < 1.29 is 4.79 Å². The predicted molar refractivity (Wildman–Crippen MR) is 108 cm³/mol. The first-order valence-electron chi connectivity index (χ1n) is 8.56. The summed E-state index contributed by atoms with van der Waals surface area (Å²) in [6.45, 7) is 4.12. The van der Waals surface area contributed by atoms with Gasteiger partial charge in [-0.3, -0.25) is 9.36 Å². The van der Waals surface area contributed by atoms with E-state index in [2.05, 4.69) is 48.4 Å². The fourth-order valence-corrected chi connectivity index (χ4v) is 3.45. The van der Waals surface area contributed by atoms with Crippen molar-refractivity contribution in [3.05, 3.63) is 71.5 Å². The van der Waals surface area contributed by atoms with Crippen molar-refractivity contribution >= 4 is 23.4 Å². The molecule has 0 bridgehead atoms. The van der Waals surface area contributed by atoms with Crippen LogP contribution in [0.3, 0.4) is 0 Å². The maximum Gasteiger partial charge on any atom is 0.234 e. The summed E-state index contributed by atoms with van der Waals surface area (Å²) >= 11 is 1.40. The minimum atomic E-state index is -0.0939. The van der Waals surface area contributed by atoms with Crippen molar-refractivity contribution in [2.24, 2.45) is 0 Å². The maximum atomic E-state index is 12.3. The summed E-state index contributed by atoms with van der Waals surface area (Å²) in [4.78, 5) is 16.7. The molecule has 1 amide bonds. The Morgan fingerprint density at radius 1 is 1.22 bits per heavy atom. The number of imidazole rings is 1. The number of hydrogen-bond acceptors (Lipinski definition) is 4. The monoisotopic (exact) mass is 376 g/mol. The summed E-state index contributed by atoms with van der Waals surface area (Å²) in [5, 5.41) is 12.4. The number of thioether (sulfide) groups is 1. The first kappa shape index (κ1) is 18.7. The molecule has 0 spiro atoms. The van der Waals surface area contributed by atoms with E-state index < -0.39 is 0 Å². The fourth-order valence-electron chi connectivity index (χ4n) is 2.68. The lowest BCUT2D eigenvalue weighted by Crippen LogP contribution is -2.14. The first-order chi connectivity index (χ1) is 13.1. The smallest absolute Gasteiger partial charge is 0.234 e. The van der Waals surface area contributed by atoms with Crippen molar-refractivity contribution in [1.82, 2.24) is 9.55 Å². The number of anilines is 1. The lowest BCUT2D eigenvalue weighted by molar-refractivity contribution is -0.113. The highest BCUT2D eigenvalue weighted by molar-refractivity contribution is 7.99. The SMILES string of the molecule is Cc1ccc(C)c(-n2ccnc2SCC(=O)Nc2ccc(CC#N)cc2)c1. The van der Waals surface area contributed by atoms with Gasteiger partial charge in [-0.15, -0.1) is 0 Å². The zero-order valence-electron chi connectivity index (χ0n) is 15.3. The molecule has 27 heavy (non-hydrogen) atoms. The summed E-state index contributed by atoms with van der Waals surface area (Å²) in [6, 6.07) is 15.7. The Kier molecular flexibility index (Phi) is 5.94. The molecule has 6 heteroatoms. The Labute approximate surface area is 163 Å². The molecule has 1 aromatic heterocycles. The molecule has 0 aliphatic rings. The predicted octanol–water partition coefficient (Wildman–Crippen LogP) is 4.29. The number of aryl methyl sites for hydroxylation is 2. The van der Waals surface area contributed by atoms with Crippen LogP contribution in [0.1, 0.15) is 16.7 Å². The fraction of sp³-hybridized carbons (Fsp3) is 0.190. The maximum absolute atomic E-state index is 12.3. The van der Waals surface area contributed by atoms with E-state index in [0.717, 1.165) is 27.7 Å². The van der Waals surface area contributed by atoms with Crippen LogP contribution in [0.15, 0.2) is 60.0 Å². The van der Waals surface area contributed by atoms with Crippen molar-refractivity contribution in [1.29, 1.82) is 5.26 Å². The van der Waals surface area contributed by atoms with Crippen LogP contribution in [0, 0.1) is 25.2 Å². The van der Waals surface area contributed by atoms with Gasteiger partial charge in [0, 0.05) is 18.1 Å². The van der Waals surface area contributed by atoms with Crippen LogP contribution in [-0.2, 0) is 11.2 Å². The molecule has 0 fully saturated rings. The van der Waals surface area contributed by atoms with Gasteiger partial charge in [0.2, 0.25) is 5.91 Å². The first-order valence-corrected chi connectivity index (χ1v) is 9.55. The van der Waals surface area contributed by atoms with Crippen LogP contribution in [0.2, 0.25) is 0 Å². The Morgan fingerprint density at radius 3 is 2.74 bits per heavy atom. The van der Waals surface area contributed by atoms with Gasteiger partial charge in [0.15, 0.2) is 5.16 Å². The van der Waals surface area contributed by atoms with E-state index in [1.165, 1.54) is 17.3 Å². The number of rotatable bonds is 6. The van der Waals surface area contributed by atoms with E-state index in [1.54, 1.807) is 6.20 Å². The van der Waals surface area contributed by atoms with Crippen LogP contribution in [-0.4, -0.2) is 21.2 Å². The standard InChI is InChI=1S/C21H20N4OS/c1-15-3-4-16(2)19(13-15)25-12-11-23-21(25)27-14-20(26)24-18-7-5-17(6-8-18)9-10-22/h3-8,11-13H,9,14H2,1-2H3,(H,24,26). The number of carbonyl (C=O) groups excluding carboxylic acids is 1. The number of amides is 1. The van der Waals surface area contributed by atoms with E-state index in [4.69, 9.17) is 5.26 Å². The van der Waals surface area contributed by atoms with Crippen LogP contribution in [0.5, 0.6) is 0 Å². The molecule has 0 saturated heterocycles. The molecule has 1 N–H and O–H groups in total. The molecule has 2 aromatic carbocycles. The molecule has 0 saturated carbocycles. The highest BCUT2D eigenvalue weighted by Gasteiger charge is 2.11. The number of carbonyl (C=O) groups is 1. The second-order valence-electron chi connectivity index (χ2n) is 6.24. The topological polar surface area (TPSA) is 70.7 Å². The van der Waals surface area contributed by atoms with Gasteiger partial charge in [-0.05, 0) is 48.7 Å². The van der Waals surface area contributed by atoms with Gasteiger partial charge in [0.1, 0.15) is 0 Å². The van der Waals surface area contributed by atoms with E-state index in [0.29, 0.717) is 6.42 Å². The third kappa shape index (κ3) is 4.78. The van der Waals surface area contributed by atoms with Crippen LogP contribution in [0.4, 0.5) is 5.69 Å². The number of benzene rings is 2. The molecular formula is C21H20N4OS. The minimum absolute atomic E-state index is 0.0939. The second-order valence-corrected chi connectivity index (χ2v) is 7.18. The van der Waals surface area contributed by atoms with Gasteiger partial charge < -0.3 is 5.32 Å². The quantitative estimate of drug-likeness (QED) is 0.652. The molecule has 1 heterocycles. The number of aromatic nitrogens is 2. The largest absolute Gasteiger partial charge is 0.325 e. The van der Waals surface area contributed by atoms with Gasteiger partial charge in [0.25, 0.3) is 0 Å². The number of hydrogen-bond donors (Lipinski definition) is 1. The van der Waals surface area contributed by atoms with Gasteiger partial charge in [-0.2, -0.15) is 5.26 Å². The summed E-state index contributed by atoms with van der Waals surface area (Å²) < 4.78 is 2.01. The summed E-state index contributed by atoms with van der Waals surface area (Å²) in [5.74, 6) is 0.172. The molecule has 0 atom stereocenters. The summed E-state index contributed by atoms with van der Waals surface area (Å²) in [7, 11) is 0. The summed E-state index contributed by atoms with van der Waals surface area (Å²) in [6.07, 6.45) is 4.02. The van der Waals surface area contributed by atoms with Crippen molar-refractivity contribution in [2.75, 3.05) is 11.1 Å². The highest BCUT2D eigenvalue weighted by Crippen LogP contribution is 2.23. The van der Waals surface area contributed by atoms with Crippen LogP contribution < -0.4 is 5.32 Å². The third-order valence-electron chi connectivity index (χ3n) is 4.08. The number of nitrogens with zero attached hydrogens (tertiary/aromatic N) is 3. The Bertz CT molecular complexity index is 986. The lowest BCUT2D eigenvalue weighted by atomic mass is 10.1. The van der Waals surface area contributed by atoms with Gasteiger partial charge in [0.05, 0.1) is 23.9 Å². The third-order valence-corrected chi connectivity index (χ3v) is 5.05. The molecule has 0 aliphatic carbocycles. The normalized spacial score (nSPS) is 10.4. The average Bonchev–Trinajstić information content (AvgIpc) is 3.12. The number of nitrogens with one attached hydrogen (secondary N) is 1. The van der Waals surface area contributed by atoms with Crippen molar-refractivity contribution in [3.8, 4) is 11.8 Å². The van der Waals surface area contributed by atoms with Gasteiger partial charge in [-0.1, -0.05) is 36.0 Å². The molecule has 3 rings (SSSR count). The van der Waals surface area contributed by atoms with E-state index in [9.17, 15) is 4.79 Å². The number of nitriles is 1. The minimum Gasteiger partial charge on any atom is -0.325 e. The second kappa shape index (κ2) is 8.56. The Balaban J connectivity index is 1.64.